The van der Waals surface area contributed by atoms with Crippen LogP contribution in [0.1, 0.15) is 25.7 Å². The van der Waals surface area contributed by atoms with E-state index in [0.717, 1.165) is 32.2 Å². The summed E-state index contributed by atoms with van der Waals surface area (Å²) in [7, 11) is 1.96. The summed E-state index contributed by atoms with van der Waals surface area (Å²) in [4.78, 5) is 4.37. The maximum absolute atomic E-state index is 13.2. The number of aliphatic hydroxyl groups is 1. The Balaban J connectivity index is 1.41. The van der Waals surface area contributed by atoms with Gasteiger partial charge in [0, 0.05) is 37.3 Å². The van der Waals surface area contributed by atoms with E-state index in [4.69, 9.17) is 9.52 Å². The third-order valence-corrected chi connectivity index (χ3v) is 5.32. The van der Waals surface area contributed by atoms with Gasteiger partial charge in [0.05, 0.1) is 6.61 Å². The minimum absolute atomic E-state index is 0.171. The molecule has 0 unspecified atom stereocenters. The van der Waals surface area contributed by atoms with Crippen molar-refractivity contribution in [1.29, 1.82) is 0 Å². The molecule has 0 atom stereocenters. The van der Waals surface area contributed by atoms with E-state index in [1.165, 1.54) is 12.1 Å². The van der Waals surface area contributed by atoms with Crippen LogP contribution in [0.15, 0.2) is 22.6 Å². The van der Waals surface area contributed by atoms with Crippen molar-refractivity contribution in [1.82, 2.24) is 14.0 Å². The van der Waals surface area contributed by atoms with E-state index in [-0.39, 0.29) is 12.4 Å². The standard InChI is InChI=1S/C17H25FN4O2S/c1-22(8-9-23)25-19-11-12-2-5-14(6-3-12)20-17-21-15-7-4-13(18)10-16(15)24-17/h4,7,10,12,14,19,23H,2-3,5-6,8-9,11H2,1H3,(H,20,21). The molecule has 1 saturated carbocycles. The fourth-order valence-electron chi connectivity index (χ4n) is 3.10. The summed E-state index contributed by atoms with van der Waals surface area (Å²) >= 11 is 1.55. The molecular formula is C17H25FN4O2S. The lowest BCUT2D eigenvalue weighted by Gasteiger charge is -2.29. The molecule has 2 aromatic rings. The molecule has 1 aromatic heterocycles. The van der Waals surface area contributed by atoms with Gasteiger partial charge < -0.3 is 14.8 Å². The molecular weight excluding hydrogens is 343 g/mol. The topological polar surface area (TPSA) is 73.6 Å². The molecule has 1 aliphatic carbocycles. The van der Waals surface area contributed by atoms with Gasteiger partial charge in [-0.15, -0.1) is 0 Å². The zero-order valence-corrected chi connectivity index (χ0v) is 15.2. The van der Waals surface area contributed by atoms with E-state index >= 15 is 0 Å². The lowest BCUT2D eigenvalue weighted by Crippen LogP contribution is -2.31. The van der Waals surface area contributed by atoms with Gasteiger partial charge in [0.15, 0.2) is 5.58 Å². The third-order valence-electron chi connectivity index (χ3n) is 4.53. The normalized spacial score (nSPS) is 21.1. The molecule has 25 heavy (non-hydrogen) atoms. The minimum atomic E-state index is -0.314. The first-order valence-corrected chi connectivity index (χ1v) is 9.46. The minimum Gasteiger partial charge on any atom is -0.423 e. The van der Waals surface area contributed by atoms with Crippen LogP contribution >= 0.6 is 12.1 Å². The van der Waals surface area contributed by atoms with Crippen molar-refractivity contribution in [3.8, 4) is 0 Å². The zero-order chi connectivity index (χ0) is 17.6. The van der Waals surface area contributed by atoms with Gasteiger partial charge in [-0.05, 0) is 50.8 Å². The van der Waals surface area contributed by atoms with Gasteiger partial charge in [-0.2, -0.15) is 4.98 Å². The molecule has 138 valence electrons. The Morgan fingerprint density at radius 3 is 2.92 bits per heavy atom. The number of hydrogen-bond donors (Lipinski definition) is 3. The predicted octanol–water partition coefficient (Wildman–Crippen LogP) is 3.01. The van der Waals surface area contributed by atoms with Crippen LogP contribution in [0.3, 0.4) is 0 Å². The number of anilines is 1. The summed E-state index contributed by atoms with van der Waals surface area (Å²) in [5.41, 5.74) is 1.15. The number of oxazole rings is 1. The Morgan fingerprint density at radius 1 is 1.36 bits per heavy atom. The Kier molecular flexibility index (Phi) is 6.52. The lowest BCUT2D eigenvalue weighted by molar-refractivity contribution is 0.272. The molecule has 0 bridgehead atoms. The molecule has 1 aliphatic rings. The number of hydrogen-bond acceptors (Lipinski definition) is 7. The van der Waals surface area contributed by atoms with Crippen molar-refractivity contribution in [2.45, 2.75) is 31.7 Å². The van der Waals surface area contributed by atoms with Crippen LogP contribution in [0.25, 0.3) is 11.1 Å². The number of likely N-dealkylation sites (N-methyl/N-ethyl adjacent to an activating group) is 1. The quantitative estimate of drug-likeness (QED) is 0.619. The third kappa shape index (κ3) is 5.31. The van der Waals surface area contributed by atoms with Crippen LogP contribution in [0.2, 0.25) is 0 Å². The van der Waals surface area contributed by atoms with Crippen molar-refractivity contribution >= 4 is 29.2 Å². The number of rotatable bonds is 8. The molecule has 1 aromatic carbocycles. The van der Waals surface area contributed by atoms with E-state index in [0.29, 0.717) is 35.6 Å². The number of nitrogens with one attached hydrogen (secondary N) is 2. The molecule has 0 spiro atoms. The summed E-state index contributed by atoms with van der Waals surface area (Å²) in [6.07, 6.45) is 4.42. The molecule has 1 heterocycles. The zero-order valence-electron chi connectivity index (χ0n) is 14.4. The molecule has 0 aliphatic heterocycles. The summed E-state index contributed by atoms with van der Waals surface area (Å²) in [5.74, 6) is 0.344. The summed E-state index contributed by atoms with van der Waals surface area (Å²) in [6.45, 7) is 1.79. The Hall–Kier alpha value is -1.35. The van der Waals surface area contributed by atoms with Gasteiger partial charge in [-0.1, -0.05) is 0 Å². The monoisotopic (exact) mass is 368 g/mol. The molecule has 6 nitrogen and oxygen atoms in total. The van der Waals surface area contributed by atoms with E-state index in [2.05, 4.69) is 15.0 Å². The smallest absolute Gasteiger partial charge is 0.295 e. The second-order valence-electron chi connectivity index (χ2n) is 6.51. The Labute approximate surface area is 151 Å². The van der Waals surface area contributed by atoms with Gasteiger partial charge >= 0.3 is 0 Å². The summed E-state index contributed by atoms with van der Waals surface area (Å²) in [5, 5.41) is 12.2. The van der Waals surface area contributed by atoms with Gasteiger partial charge in [0.2, 0.25) is 0 Å². The summed E-state index contributed by atoms with van der Waals surface area (Å²) < 4.78 is 24.2. The van der Waals surface area contributed by atoms with Crippen LogP contribution in [0.4, 0.5) is 10.4 Å². The van der Waals surface area contributed by atoms with Crippen molar-refractivity contribution < 1.29 is 13.9 Å². The number of fused-ring (bicyclic) bond motifs is 1. The van der Waals surface area contributed by atoms with Crippen LogP contribution in [0, 0.1) is 11.7 Å². The molecule has 0 amide bonds. The van der Waals surface area contributed by atoms with Crippen LogP contribution in [-0.2, 0) is 0 Å². The maximum Gasteiger partial charge on any atom is 0.295 e. The second-order valence-corrected chi connectivity index (χ2v) is 7.60. The number of halogens is 1. The predicted molar refractivity (Wildman–Crippen MR) is 98.6 cm³/mol. The highest BCUT2D eigenvalue weighted by atomic mass is 32.2. The van der Waals surface area contributed by atoms with Gasteiger partial charge in [0.1, 0.15) is 11.3 Å². The number of nitrogens with zero attached hydrogens (tertiary/aromatic N) is 2. The molecule has 1 fully saturated rings. The van der Waals surface area contributed by atoms with Crippen LogP contribution < -0.4 is 10.0 Å². The van der Waals surface area contributed by atoms with Crippen LogP contribution in [-0.4, -0.2) is 47.2 Å². The second kappa shape index (κ2) is 8.84. The van der Waals surface area contributed by atoms with Crippen LogP contribution in [0.5, 0.6) is 0 Å². The van der Waals surface area contributed by atoms with Crippen molar-refractivity contribution in [3.05, 3.63) is 24.0 Å². The fraction of sp³-hybridized carbons (Fsp3) is 0.588. The van der Waals surface area contributed by atoms with E-state index < -0.39 is 0 Å². The lowest BCUT2D eigenvalue weighted by atomic mass is 9.86. The highest BCUT2D eigenvalue weighted by Gasteiger charge is 2.22. The van der Waals surface area contributed by atoms with Gasteiger partial charge in [-0.3, -0.25) is 4.72 Å². The highest BCUT2D eigenvalue weighted by Crippen LogP contribution is 2.28. The van der Waals surface area contributed by atoms with E-state index in [1.54, 1.807) is 18.2 Å². The molecule has 0 saturated heterocycles. The van der Waals surface area contributed by atoms with E-state index in [9.17, 15) is 4.39 Å². The summed E-state index contributed by atoms with van der Waals surface area (Å²) in [6, 6.07) is 5.21. The number of aromatic nitrogens is 1. The number of aliphatic hydroxyl groups excluding tert-OH is 1. The average Bonchev–Trinajstić information content (AvgIpc) is 2.98. The van der Waals surface area contributed by atoms with Gasteiger partial charge in [0.25, 0.3) is 6.01 Å². The van der Waals surface area contributed by atoms with Crippen molar-refractivity contribution in [2.24, 2.45) is 5.92 Å². The SMILES string of the molecule is CN(CCO)SNCC1CCC(Nc2nc3ccc(F)cc3o2)CC1. The first-order chi connectivity index (χ1) is 12.1. The Bertz CT molecular complexity index is 676. The first kappa shape index (κ1) is 18.4. The number of benzene rings is 1. The van der Waals surface area contributed by atoms with Crippen molar-refractivity contribution in [2.75, 3.05) is 32.1 Å². The molecule has 8 heteroatoms. The first-order valence-electron chi connectivity index (χ1n) is 8.68. The molecule has 3 rings (SSSR count). The molecule has 0 radical (unpaired) electrons. The van der Waals surface area contributed by atoms with Gasteiger partial charge in [-0.25, -0.2) is 8.70 Å². The van der Waals surface area contributed by atoms with Crippen molar-refractivity contribution in [3.63, 3.8) is 0 Å². The average molecular weight is 368 g/mol. The largest absolute Gasteiger partial charge is 0.423 e. The van der Waals surface area contributed by atoms with E-state index in [1.807, 2.05) is 11.4 Å². The maximum atomic E-state index is 13.2. The molecule has 3 N–H and O–H groups in total. The Morgan fingerprint density at radius 2 is 2.16 bits per heavy atom. The highest BCUT2D eigenvalue weighted by molar-refractivity contribution is 7.95. The fourth-order valence-corrected chi connectivity index (χ4v) is 3.80.